The van der Waals surface area contributed by atoms with Crippen LogP contribution in [0.2, 0.25) is 5.02 Å². The van der Waals surface area contributed by atoms with E-state index in [2.05, 4.69) is 10.6 Å². The molecule has 2 rings (SSSR count). The topological polar surface area (TPSA) is 41.1 Å². The number of hydrogen-bond acceptors (Lipinski definition) is 2. The highest BCUT2D eigenvalue weighted by Gasteiger charge is 2.03. The van der Waals surface area contributed by atoms with Crippen molar-refractivity contribution in [3.8, 4) is 0 Å². The molecule has 0 radical (unpaired) electrons. The summed E-state index contributed by atoms with van der Waals surface area (Å²) in [6.45, 7) is 0.617. The largest absolute Gasteiger partial charge is 0.325 e. The van der Waals surface area contributed by atoms with Crippen molar-refractivity contribution in [2.75, 3.05) is 11.9 Å². The Morgan fingerprint density at radius 2 is 1.90 bits per heavy atom. The van der Waals surface area contributed by atoms with Crippen molar-refractivity contribution in [3.63, 3.8) is 0 Å². The second-order valence-corrected chi connectivity index (χ2v) is 4.67. The van der Waals surface area contributed by atoms with Crippen molar-refractivity contribution in [3.05, 3.63) is 64.9 Å². The number of nitrogens with one attached hydrogen (secondary N) is 2. The predicted octanol–water partition coefficient (Wildman–Crippen LogP) is 3.21. The summed E-state index contributed by atoms with van der Waals surface area (Å²) in [4.78, 5) is 11.7. The fraction of sp³-hybridized carbons (Fsp3) is 0.133. The minimum Gasteiger partial charge on any atom is -0.325 e. The molecule has 2 N–H and O–H groups in total. The molecule has 0 aliphatic heterocycles. The first kappa shape index (κ1) is 14.5. The van der Waals surface area contributed by atoms with E-state index in [1.807, 2.05) is 30.3 Å². The second kappa shape index (κ2) is 7.03. The molecule has 0 fully saturated rings. The van der Waals surface area contributed by atoms with E-state index in [0.29, 0.717) is 6.54 Å². The minimum absolute atomic E-state index is 0.0815. The molecule has 5 heteroatoms. The number of rotatable bonds is 5. The highest BCUT2D eigenvalue weighted by Crippen LogP contribution is 2.15. The maximum atomic E-state index is 13.0. The van der Waals surface area contributed by atoms with E-state index >= 15 is 0 Å². The van der Waals surface area contributed by atoms with Crippen LogP contribution in [0.4, 0.5) is 10.1 Å². The fourth-order valence-electron chi connectivity index (χ4n) is 1.70. The summed E-state index contributed by atoms with van der Waals surface area (Å²) in [6, 6.07) is 13.7. The van der Waals surface area contributed by atoms with E-state index in [1.165, 1.54) is 6.07 Å². The van der Waals surface area contributed by atoms with Gasteiger partial charge in [-0.1, -0.05) is 35.9 Å². The van der Waals surface area contributed by atoms with Crippen LogP contribution in [0.15, 0.2) is 48.5 Å². The lowest BCUT2D eigenvalue weighted by molar-refractivity contribution is -0.115. The van der Waals surface area contributed by atoms with Gasteiger partial charge >= 0.3 is 0 Å². The number of benzene rings is 2. The summed E-state index contributed by atoms with van der Waals surface area (Å²) in [5, 5.41) is 5.82. The van der Waals surface area contributed by atoms with Gasteiger partial charge in [0.1, 0.15) is 5.82 Å². The lowest BCUT2D eigenvalue weighted by atomic mass is 10.2. The Balaban J connectivity index is 1.78. The van der Waals surface area contributed by atoms with Crippen LogP contribution in [-0.2, 0) is 11.3 Å². The third kappa shape index (κ3) is 4.33. The van der Waals surface area contributed by atoms with Gasteiger partial charge in [-0.05, 0) is 29.8 Å². The first-order valence-corrected chi connectivity index (χ1v) is 6.52. The molecule has 0 aromatic heterocycles. The van der Waals surface area contributed by atoms with Crippen LogP contribution in [0, 0.1) is 5.82 Å². The molecule has 0 unspecified atom stereocenters. The standard InChI is InChI=1S/C15H14ClFN2O/c16-13-8-11(6-7-14(13)17)9-18-10-15(20)19-12-4-2-1-3-5-12/h1-8,18H,9-10H2,(H,19,20). The first-order valence-electron chi connectivity index (χ1n) is 6.15. The molecule has 0 aliphatic carbocycles. The second-order valence-electron chi connectivity index (χ2n) is 4.27. The Bertz CT molecular complexity index is 590. The molecule has 0 saturated heterocycles. The predicted molar refractivity (Wildman–Crippen MR) is 78.2 cm³/mol. The summed E-state index contributed by atoms with van der Waals surface area (Å²) in [7, 11) is 0. The normalized spacial score (nSPS) is 10.3. The maximum Gasteiger partial charge on any atom is 0.238 e. The zero-order chi connectivity index (χ0) is 14.4. The van der Waals surface area contributed by atoms with Crippen LogP contribution in [0.5, 0.6) is 0 Å². The van der Waals surface area contributed by atoms with Crippen molar-refractivity contribution in [2.24, 2.45) is 0 Å². The highest BCUT2D eigenvalue weighted by atomic mass is 35.5. The van der Waals surface area contributed by atoms with Gasteiger partial charge in [-0.3, -0.25) is 4.79 Å². The van der Waals surface area contributed by atoms with E-state index in [1.54, 1.807) is 12.1 Å². The number of para-hydroxylation sites is 1. The third-order valence-electron chi connectivity index (χ3n) is 2.66. The quantitative estimate of drug-likeness (QED) is 0.888. The minimum atomic E-state index is -0.447. The average molecular weight is 293 g/mol. The number of halogens is 2. The molecule has 0 atom stereocenters. The number of amides is 1. The maximum absolute atomic E-state index is 13.0. The molecule has 0 aliphatic rings. The van der Waals surface area contributed by atoms with Crippen LogP contribution < -0.4 is 10.6 Å². The third-order valence-corrected chi connectivity index (χ3v) is 2.95. The van der Waals surface area contributed by atoms with Crippen molar-refractivity contribution in [1.29, 1.82) is 0 Å². The van der Waals surface area contributed by atoms with E-state index in [-0.39, 0.29) is 17.5 Å². The zero-order valence-corrected chi connectivity index (χ0v) is 11.5. The van der Waals surface area contributed by atoms with Crippen LogP contribution in [0.3, 0.4) is 0 Å². The molecule has 0 bridgehead atoms. The molecule has 20 heavy (non-hydrogen) atoms. The summed E-state index contributed by atoms with van der Waals surface area (Å²) >= 11 is 5.68. The molecule has 0 saturated carbocycles. The Labute approximate surface area is 121 Å². The van der Waals surface area contributed by atoms with Crippen LogP contribution >= 0.6 is 11.6 Å². The molecule has 2 aromatic rings. The van der Waals surface area contributed by atoms with Crippen molar-refractivity contribution in [1.82, 2.24) is 5.32 Å². The van der Waals surface area contributed by atoms with Gasteiger partial charge in [0.2, 0.25) is 5.91 Å². The molecule has 0 spiro atoms. The van der Waals surface area contributed by atoms with E-state index in [4.69, 9.17) is 11.6 Å². The average Bonchev–Trinajstić information content (AvgIpc) is 2.44. The van der Waals surface area contributed by atoms with Gasteiger partial charge in [-0.2, -0.15) is 0 Å². The first-order chi connectivity index (χ1) is 9.65. The number of carbonyl (C=O) groups excluding carboxylic acids is 1. The Kier molecular flexibility index (Phi) is 5.09. The molecule has 3 nitrogen and oxygen atoms in total. The van der Waals surface area contributed by atoms with Gasteiger partial charge in [-0.15, -0.1) is 0 Å². The Morgan fingerprint density at radius 1 is 1.15 bits per heavy atom. The summed E-state index contributed by atoms with van der Waals surface area (Å²) in [5.41, 5.74) is 1.58. The number of hydrogen-bond donors (Lipinski definition) is 2. The van der Waals surface area contributed by atoms with Crippen LogP contribution in [0.25, 0.3) is 0 Å². The monoisotopic (exact) mass is 292 g/mol. The van der Waals surface area contributed by atoms with Crippen molar-refractivity contribution >= 4 is 23.2 Å². The van der Waals surface area contributed by atoms with Gasteiger partial charge in [0, 0.05) is 12.2 Å². The van der Waals surface area contributed by atoms with Gasteiger partial charge in [-0.25, -0.2) is 4.39 Å². The van der Waals surface area contributed by atoms with Crippen molar-refractivity contribution < 1.29 is 9.18 Å². The van der Waals surface area contributed by atoms with E-state index < -0.39 is 5.82 Å². The fourth-order valence-corrected chi connectivity index (χ4v) is 1.90. The summed E-state index contributed by atoms with van der Waals surface area (Å²) in [5.74, 6) is -0.582. The lowest BCUT2D eigenvalue weighted by Crippen LogP contribution is -2.27. The van der Waals surface area contributed by atoms with E-state index in [0.717, 1.165) is 11.3 Å². The summed E-state index contributed by atoms with van der Waals surface area (Å²) < 4.78 is 13.0. The molecular weight excluding hydrogens is 279 g/mol. The lowest BCUT2D eigenvalue weighted by Gasteiger charge is -2.07. The smallest absolute Gasteiger partial charge is 0.238 e. The molecule has 104 valence electrons. The van der Waals surface area contributed by atoms with Crippen LogP contribution in [-0.4, -0.2) is 12.5 Å². The van der Waals surface area contributed by atoms with Gasteiger partial charge in [0.15, 0.2) is 0 Å². The number of anilines is 1. The van der Waals surface area contributed by atoms with Gasteiger partial charge in [0.25, 0.3) is 0 Å². The SMILES string of the molecule is O=C(CNCc1ccc(F)c(Cl)c1)Nc1ccccc1. The van der Waals surface area contributed by atoms with Gasteiger partial charge in [0.05, 0.1) is 11.6 Å². The zero-order valence-electron chi connectivity index (χ0n) is 10.7. The molecular formula is C15H14ClFN2O. The Morgan fingerprint density at radius 3 is 2.60 bits per heavy atom. The number of carbonyl (C=O) groups is 1. The highest BCUT2D eigenvalue weighted by molar-refractivity contribution is 6.30. The molecule has 0 heterocycles. The van der Waals surface area contributed by atoms with Crippen molar-refractivity contribution in [2.45, 2.75) is 6.54 Å². The van der Waals surface area contributed by atoms with Gasteiger partial charge < -0.3 is 10.6 Å². The summed E-state index contributed by atoms with van der Waals surface area (Å²) in [6.07, 6.45) is 0. The molecule has 2 aromatic carbocycles. The van der Waals surface area contributed by atoms with Crippen LogP contribution in [0.1, 0.15) is 5.56 Å². The van der Waals surface area contributed by atoms with E-state index in [9.17, 15) is 9.18 Å². The molecule has 1 amide bonds. The Hall–Kier alpha value is -1.91.